The molecule has 0 radical (unpaired) electrons. The summed E-state index contributed by atoms with van der Waals surface area (Å²) >= 11 is 0. The number of ether oxygens (including phenoxy) is 1. The Hall–Kier alpha value is -2.49. The summed E-state index contributed by atoms with van der Waals surface area (Å²) in [5.74, 6) is 1.36. The molecule has 1 aliphatic heterocycles. The molecule has 3 rings (SSSR count). The van der Waals surface area contributed by atoms with Crippen molar-refractivity contribution in [2.45, 2.75) is 33.1 Å². The van der Waals surface area contributed by atoms with Gasteiger partial charge in [0.25, 0.3) is 5.91 Å². The number of nitrogens with zero attached hydrogens (tertiary/aromatic N) is 1. The highest BCUT2D eigenvalue weighted by atomic mass is 16.5. The summed E-state index contributed by atoms with van der Waals surface area (Å²) in [4.78, 5) is 14.7. The summed E-state index contributed by atoms with van der Waals surface area (Å²) in [5.41, 5.74) is 3.21. The van der Waals surface area contributed by atoms with Crippen LogP contribution in [0.1, 0.15) is 32.3 Å². The van der Waals surface area contributed by atoms with E-state index in [1.807, 2.05) is 42.5 Å². The molecule has 0 unspecified atom stereocenters. The molecule has 0 saturated carbocycles. The summed E-state index contributed by atoms with van der Waals surface area (Å²) in [6.07, 6.45) is 3.38. The van der Waals surface area contributed by atoms with Crippen molar-refractivity contribution < 1.29 is 9.53 Å². The van der Waals surface area contributed by atoms with Crippen LogP contribution in [-0.4, -0.2) is 25.6 Å². The summed E-state index contributed by atoms with van der Waals surface area (Å²) in [5, 5.41) is 3.01. The van der Waals surface area contributed by atoms with Crippen molar-refractivity contribution in [1.29, 1.82) is 0 Å². The van der Waals surface area contributed by atoms with Crippen molar-refractivity contribution in [3.63, 3.8) is 0 Å². The maximum absolute atomic E-state index is 12.3. The number of carbonyl (C=O) groups is 1. The third kappa shape index (κ3) is 4.78. The molecule has 1 amide bonds. The van der Waals surface area contributed by atoms with E-state index in [1.54, 1.807) is 0 Å². The number of rotatable bonds is 6. The van der Waals surface area contributed by atoms with E-state index in [-0.39, 0.29) is 12.5 Å². The van der Waals surface area contributed by atoms with Crippen LogP contribution in [0.25, 0.3) is 0 Å². The maximum Gasteiger partial charge on any atom is 0.262 e. The van der Waals surface area contributed by atoms with Gasteiger partial charge in [-0.3, -0.25) is 4.79 Å². The Morgan fingerprint density at radius 2 is 1.81 bits per heavy atom. The number of para-hydroxylation sites is 2. The second kappa shape index (κ2) is 8.75. The largest absolute Gasteiger partial charge is 0.484 e. The maximum atomic E-state index is 12.3. The van der Waals surface area contributed by atoms with Gasteiger partial charge in [0.05, 0.1) is 11.4 Å². The van der Waals surface area contributed by atoms with Crippen molar-refractivity contribution in [3.05, 3.63) is 54.1 Å². The van der Waals surface area contributed by atoms with Crippen molar-refractivity contribution in [2.24, 2.45) is 5.92 Å². The lowest BCUT2D eigenvalue weighted by molar-refractivity contribution is -0.118. The average molecular weight is 352 g/mol. The van der Waals surface area contributed by atoms with E-state index in [9.17, 15) is 4.79 Å². The van der Waals surface area contributed by atoms with Gasteiger partial charge in [0, 0.05) is 13.1 Å². The standard InChI is InChI=1S/C22H28N2O2/c1-3-18-8-10-19(11-9-18)26-16-22(25)23-20-6-4-5-7-21(20)24-14-12-17(2)13-15-24/h4-11,17H,3,12-16H2,1-2H3,(H,23,25). The van der Waals surface area contributed by atoms with E-state index in [0.717, 1.165) is 42.6 Å². The number of nitrogens with one attached hydrogen (secondary N) is 1. The van der Waals surface area contributed by atoms with Crippen molar-refractivity contribution >= 4 is 17.3 Å². The Morgan fingerprint density at radius 1 is 1.12 bits per heavy atom. The van der Waals surface area contributed by atoms with E-state index in [0.29, 0.717) is 0 Å². The molecule has 1 heterocycles. The predicted octanol–water partition coefficient (Wildman–Crippen LogP) is 4.50. The van der Waals surface area contributed by atoms with Gasteiger partial charge in [-0.2, -0.15) is 0 Å². The summed E-state index contributed by atoms with van der Waals surface area (Å²) in [6.45, 7) is 6.50. The third-order valence-electron chi connectivity index (χ3n) is 5.00. The Kier molecular flexibility index (Phi) is 6.16. The molecule has 0 aromatic heterocycles. The van der Waals surface area contributed by atoms with Crippen LogP contribution in [0.5, 0.6) is 5.75 Å². The first-order valence-corrected chi connectivity index (χ1v) is 9.51. The smallest absolute Gasteiger partial charge is 0.262 e. The first-order valence-electron chi connectivity index (χ1n) is 9.51. The number of aryl methyl sites for hydroxylation is 1. The highest BCUT2D eigenvalue weighted by Crippen LogP contribution is 2.29. The highest BCUT2D eigenvalue weighted by Gasteiger charge is 2.18. The molecule has 4 nitrogen and oxygen atoms in total. The Labute approximate surface area is 156 Å². The first-order chi connectivity index (χ1) is 12.7. The lowest BCUT2D eigenvalue weighted by Gasteiger charge is -2.33. The number of carbonyl (C=O) groups excluding carboxylic acids is 1. The van der Waals surface area contributed by atoms with Gasteiger partial charge in [-0.15, -0.1) is 0 Å². The fourth-order valence-electron chi connectivity index (χ4n) is 3.26. The third-order valence-corrected chi connectivity index (χ3v) is 5.00. The quantitative estimate of drug-likeness (QED) is 0.832. The fraction of sp³-hybridized carbons (Fsp3) is 0.409. The fourth-order valence-corrected chi connectivity index (χ4v) is 3.26. The van der Waals surface area contributed by atoms with Gasteiger partial charge in [0.15, 0.2) is 6.61 Å². The predicted molar refractivity (Wildman–Crippen MR) is 107 cm³/mol. The molecule has 0 bridgehead atoms. The van der Waals surface area contributed by atoms with E-state index in [4.69, 9.17) is 4.74 Å². The minimum absolute atomic E-state index is 0.0108. The van der Waals surface area contributed by atoms with Crippen LogP contribution < -0.4 is 15.0 Å². The van der Waals surface area contributed by atoms with Crippen molar-refractivity contribution in [1.82, 2.24) is 0 Å². The SMILES string of the molecule is CCc1ccc(OCC(=O)Nc2ccccc2N2CCC(C)CC2)cc1. The Morgan fingerprint density at radius 3 is 2.50 bits per heavy atom. The highest BCUT2D eigenvalue weighted by molar-refractivity contribution is 5.95. The van der Waals surface area contributed by atoms with Gasteiger partial charge in [-0.1, -0.05) is 38.1 Å². The van der Waals surface area contributed by atoms with Crippen LogP contribution in [0.2, 0.25) is 0 Å². The van der Waals surface area contributed by atoms with Gasteiger partial charge in [-0.05, 0) is 55.0 Å². The molecule has 2 aromatic rings. The summed E-state index contributed by atoms with van der Waals surface area (Å²) in [6, 6.07) is 15.9. The lowest BCUT2D eigenvalue weighted by Crippen LogP contribution is -2.33. The number of hydrogen-bond donors (Lipinski definition) is 1. The van der Waals surface area contributed by atoms with Crippen LogP contribution >= 0.6 is 0 Å². The molecular weight excluding hydrogens is 324 g/mol. The molecular formula is C22H28N2O2. The monoisotopic (exact) mass is 352 g/mol. The minimum atomic E-state index is -0.137. The zero-order valence-corrected chi connectivity index (χ0v) is 15.7. The molecule has 0 spiro atoms. The number of benzene rings is 2. The normalized spacial score (nSPS) is 14.9. The molecule has 1 aliphatic rings. The minimum Gasteiger partial charge on any atom is -0.484 e. The number of hydrogen-bond acceptors (Lipinski definition) is 3. The van der Waals surface area contributed by atoms with Gasteiger partial charge in [0.1, 0.15) is 5.75 Å². The second-order valence-corrected chi connectivity index (χ2v) is 7.02. The van der Waals surface area contributed by atoms with Gasteiger partial charge in [0.2, 0.25) is 0 Å². The topological polar surface area (TPSA) is 41.6 Å². The summed E-state index contributed by atoms with van der Waals surface area (Å²) < 4.78 is 5.61. The van der Waals surface area contributed by atoms with E-state index in [1.165, 1.54) is 18.4 Å². The zero-order valence-electron chi connectivity index (χ0n) is 15.7. The number of anilines is 2. The molecule has 1 N–H and O–H groups in total. The van der Waals surface area contributed by atoms with Crippen molar-refractivity contribution in [3.8, 4) is 5.75 Å². The molecule has 1 saturated heterocycles. The number of amides is 1. The van der Waals surface area contributed by atoms with Crippen LogP contribution in [0.3, 0.4) is 0 Å². The summed E-state index contributed by atoms with van der Waals surface area (Å²) in [7, 11) is 0. The van der Waals surface area contributed by atoms with E-state index < -0.39 is 0 Å². The molecule has 0 atom stereocenters. The molecule has 1 fully saturated rings. The van der Waals surface area contributed by atoms with Crippen LogP contribution in [-0.2, 0) is 11.2 Å². The second-order valence-electron chi connectivity index (χ2n) is 7.02. The van der Waals surface area contributed by atoms with E-state index in [2.05, 4.69) is 30.1 Å². The van der Waals surface area contributed by atoms with Gasteiger partial charge >= 0.3 is 0 Å². The molecule has 2 aromatic carbocycles. The van der Waals surface area contributed by atoms with Gasteiger partial charge < -0.3 is 15.0 Å². The van der Waals surface area contributed by atoms with Crippen LogP contribution in [0.15, 0.2) is 48.5 Å². The molecule has 138 valence electrons. The van der Waals surface area contributed by atoms with E-state index >= 15 is 0 Å². The average Bonchev–Trinajstić information content (AvgIpc) is 2.68. The van der Waals surface area contributed by atoms with Crippen LogP contribution in [0.4, 0.5) is 11.4 Å². The molecule has 26 heavy (non-hydrogen) atoms. The van der Waals surface area contributed by atoms with Crippen LogP contribution in [0, 0.1) is 5.92 Å². The Balaban J connectivity index is 1.58. The Bertz CT molecular complexity index is 719. The molecule has 4 heteroatoms. The molecule has 0 aliphatic carbocycles. The zero-order chi connectivity index (χ0) is 18.4. The lowest BCUT2D eigenvalue weighted by atomic mass is 9.98. The van der Waals surface area contributed by atoms with Crippen molar-refractivity contribution in [2.75, 3.05) is 29.9 Å². The van der Waals surface area contributed by atoms with Gasteiger partial charge in [-0.25, -0.2) is 0 Å². The first kappa shape index (κ1) is 18.3. The number of piperidine rings is 1.